The van der Waals surface area contributed by atoms with Crippen molar-refractivity contribution in [3.63, 3.8) is 0 Å². The standard InChI is InChI=1S/C17H11BrN2O2/c1-9-11-4-2-3-5-14(11)22-15(9)16-19-13-7-6-10(18)8-12(13)17(21)20-16/h2-8H,1H3,(H,19,20,21). The summed E-state index contributed by atoms with van der Waals surface area (Å²) in [6.07, 6.45) is 0. The Hall–Kier alpha value is -2.40. The van der Waals surface area contributed by atoms with Crippen LogP contribution in [0.1, 0.15) is 5.56 Å². The maximum Gasteiger partial charge on any atom is 0.259 e. The average molecular weight is 355 g/mol. The van der Waals surface area contributed by atoms with Crippen molar-refractivity contribution in [2.45, 2.75) is 6.92 Å². The number of furan rings is 1. The van der Waals surface area contributed by atoms with Crippen LogP contribution in [0.4, 0.5) is 0 Å². The highest BCUT2D eigenvalue weighted by Crippen LogP contribution is 2.31. The van der Waals surface area contributed by atoms with E-state index in [-0.39, 0.29) is 5.56 Å². The van der Waals surface area contributed by atoms with Gasteiger partial charge in [-0.05, 0) is 31.2 Å². The second-order valence-corrected chi connectivity index (χ2v) is 6.04. The zero-order valence-corrected chi connectivity index (χ0v) is 13.3. The van der Waals surface area contributed by atoms with Gasteiger partial charge in [-0.3, -0.25) is 4.79 Å². The van der Waals surface area contributed by atoms with Gasteiger partial charge in [0.2, 0.25) is 0 Å². The van der Waals surface area contributed by atoms with Crippen LogP contribution in [0.2, 0.25) is 0 Å². The van der Waals surface area contributed by atoms with Gasteiger partial charge < -0.3 is 9.40 Å². The number of H-pyrrole nitrogens is 1. The molecule has 2 aromatic carbocycles. The molecule has 0 saturated heterocycles. The van der Waals surface area contributed by atoms with Gasteiger partial charge in [0.25, 0.3) is 5.56 Å². The van der Waals surface area contributed by atoms with Gasteiger partial charge in [0.1, 0.15) is 5.58 Å². The quantitative estimate of drug-likeness (QED) is 0.550. The largest absolute Gasteiger partial charge is 0.453 e. The monoisotopic (exact) mass is 354 g/mol. The number of nitrogens with one attached hydrogen (secondary N) is 1. The van der Waals surface area contributed by atoms with Gasteiger partial charge in [-0.1, -0.05) is 34.1 Å². The van der Waals surface area contributed by atoms with Crippen molar-refractivity contribution >= 4 is 37.8 Å². The molecule has 4 nitrogen and oxygen atoms in total. The third-order valence-electron chi connectivity index (χ3n) is 3.73. The Morgan fingerprint density at radius 2 is 1.95 bits per heavy atom. The molecule has 4 aromatic rings. The van der Waals surface area contributed by atoms with E-state index in [1.807, 2.05) is 43.3 Å². The molecule has 5 heteroatoms. The molecule has 1 N–H and O–H groups in total. The van der Waals surface area contributed by atoms with Crippen molar-refractivity contribution in [1.29, 1.82) is 0 Å². The molecule has 0 aliphatic rings. The molecule has 0 aliphatic carbocycles. The first-order chi connectivity index (χ1) is 10.6. The highest BCUT2D eigenvalue weighted by molar-refractivity contribution is 9.10. The predicted octanol–water partition coefficient (Wildman–Crippen LogP) is 4.41. The van der Waals surface area contributed by atoms with Crippen LogP contribution in [0.3, 0.4) is 0 Å². The predicted molar refractivity (Wildman–Crippen MR) is 90.0 cm³/mol. The van der Waals surface area contributed by atoms with Gasteiger partial charge in [0, 0.05) is 15.4 Å². The van der Waals surface area contributed by atoms with Crippen LogP contribution >= 0.6 is 15.9 Å². The molecule has 0 aliphatic heterocycles. The van der Waals surface area contributed by atoms with E-state index in [0.717, 1.165) is 21.0 Å². The van der Waals surface area contributed by atoms with Gasteiger partial charge in [-0.25, -0.2) is 4.98 Å². The lowest BCUT2D eigenvalue weighted by atomic mass is 10.1. The fourth-order valence-corrected chi connectivity index (χ4v) is 2.98. The van der Waals surface area contributed by atoms with E-state index in [4.69, 9.17) is 4.42 Å². The first kappa shape index (κ1) is 13.3. The SMILES string of the molecule is Cc1c(-c2nc3ccc(Br)cc3c(=O)[nH]2)oc2ccccc12. The molecule has 0 fully saturated rings. The Morgan fingerprint density at radius 3 is 2.77 bits per heavy atom. The lowest BCUT2D eigenvalue weighted by molar-refractivity contribution is 0.623. The van der Waals surface area contributed by atoms with Crippen LogP contribution in [0.15, 0.2) is 56.1 Å². The Bertz CT molecular complexity index is 1080. The number of aromatic amines is 1. The molecule has 22 heavy (non-hydrogen) atoms. The third-order valence-corrected chi connectivity index (χ3v) is 4.22. The molecule has 0 unspecified atom stereocenters. The molecule has 0 radical (unpaired) electrons. The fourth-order valence-electron chi connectivity index (χ4n) is 2.62. The second-order valence-electron chi connectivity index (χ2n) is 5.13. The van der Waals surface area contributed by atoms with E-state index in [2.05, 4.69) is 25.9 Å². The van der Waals surface area contributed by atoms with Crippen LogP contribution < -0.4 is 5.56 Å². The zero-order chi connectivity index (χ0) is 15.3. The fraction of sp³-hybridized carbons (Fsp3) is 0.0588. The molecule has 0 spiro atoms. The lowest BCUT2D eigenvalue weighted by Crippen LogP contribution is -2.09. The van der Waals surface area contributed by atoms with Crippen molar-refractivity contribution < 1.29 is 4.42 Å². The number of benzene rings is 2. The normalized spacial score (nSPS) is 11.4. The summed E-state index contributed by atoms with van der Waals surface area (Å²) in [4.78, 5) is 19.6. The molecule has 4 rings (SSSR count). The van der Waals surface area contributed by atoms with Crippen molar-refractivity contribution in [2.75, 3.05) is 0 Å². The lowest BCUT2D eigenvalue weighted by Gasteiger charge is -2.02. The highest BCUT2D eigenvalue weighted by Gasteiger charge is 2.15. The van der Waals surface area contributed by atoms with Crippen molar-refractivity contribution in [1.82, 2.24) is 9.97 Å². The van der Waals surface area contributed by atoms with E-state index >= 15 is 0 Å². The molecule has 0 atom stereocenters. The summed E-state index contributed by atoms with van der Waals surface area (Å²) in [5.74, 6) is 1.05. The summed E-state index contributed by atoms with van der Waals surface area (Å²) < 4.78 is 6.72. The number of para-hydroxylation sites is 1. The smallest absolute Gasteiger partial charge is 0.259 e. The van der Waals surface area contributed by atoms with E-state index in [9.17, 15) is 4.79 Å². The van der Waals surface area contributed by atoms with E-state index in [0.29, 0.717) is 22.5 Å². The average Bonchev–Trinajstić information content (AvgIpc) is 2.85. The zero-order valence-electron chi connectivity index (χ0n) is 11.7. The molecule has 2 heterocycles. The minimum atomic E-state index is -0.179. The number of hydrogen-bond donors (Lipinski definition) is 1. The molecular formula is C17H11BrN2O2. The highest BCUT2D eigenvalue weighted by atomic mass is 79.9. The van der Waals surface area contributed by atoms with Crippen LogP contribution in [-0.4, -0.2) is 9.97 Å². The Morgan fingerprint density at radius 1 is 1.14 bits per heavy atom. The topological polar surface area (TPSA) is 58.9 Å². The minimum Gasteiger partial charge on any atom is -0.453 e. The summed E-state index contributed by atoms with van der Waals surface area (Å²) >= 11 is 3.37. The maximum absolute atomic E-state index is 12.3. The van der Waals surface area contributed by atoms with Gasteiger partial charge in [-0.2, -0.15) is 0 Å². The number of aromatic nitrogens is 2. The Balaban J connectivity index is 2.02. The summed E-state index contributed by atoms with van der Waals surface area (Å²) in [5.41, 5.74) is 2.21. The molecule has 0 amide bonds. The summed E-state index contributed by atoms with van der Waals surface area (Å²) in [6, 6.07) is 13.2. The van der Waals surface area contributed by atoms with Crippen molar-refractivity contribution in [3.8, 4) is 11.6 Å². The molecule has 2 aromatic heterocycles. The van der Waals surface area contributed by atoms with Crippen LogP contribution in [0.25, 0.3) is 33.5 Å². The van der Waals surface area contributed by atoms with Crippen LogP contribution in [0.5, 0.6) is 0 Å². The summed E-state index contributed by atoms with van der Waals surface area (Å²) in [7, 11) is 0. The van der Waals surface area contributed by atoms with E-state index < -0.39 is 0 Å². The number of halogens is 1. The number of aryl methyl sites for hydroxylation is 1. The molecule has 0 bridgehead atoms. The Kier molecular flexibility index (Phi) is 2.90. The number of fused-ring (bicyclic) bond motifs is 2. The molecular weight excluding hydrogens is 344 g/mol. The first-order valence-electron chi connectivity index (χ1n) is 6.81. The number of rotatable bonds is 1. The van der Waals surface area contributed by atoms with Crippen LogP contribution in [-0.2, 0) is 0 Å². The summed E-state index contributed by atoms with van der Waals surface area (Å²) in [5, 5.41) is 1.57. The minimum absolute atomic E-state index is 0.179. The van der Waals surface area contributed by atoms with E-state index in [1.165, 1.54) is 0 Å². The van der Waals surface area contributed by atoms with Crippen LogP contribution in [0, 0.1) is 6.92 Å². The summed E-state index contributed by atoms with van der Waals surface area (Å²) in [6.45, 7) is 1.97. The molecule has 108 valence electrons. The molecule has 0 saturated carbocycles. The second kappa shape index (κ2) is 4.81. The Labute approximate surface area is 133 Å². The van der Waals surface area contributed by atoms with Crippen molar-refractivity contribution in [2.24, 2.45) is 0 Å². The van der Waals surface area contributed by atoms with E-state index in [1.54, 1.807) is 6.07 Å². The van der Waals surface area contributed by atoms with Gasteiger partial charge >= 0.3 is 0 Å². The maximum atomic E-state index is 12.3. The first-order valence-corrected chi connectivity index (χ1v) is 7.61. The number of nitrogens with zero attached hydrogens (tertiary/aromatic N) is 1. The van der Waals surface area contributed by atoms with Crippen molar-refractivity contribution in [3.05, 3.63) is 62.9 Å². The number of hydrogen-bond acceptors (Lipinski definition) is 3. The van der Waals surface area contributed by atoms with Gasteiger partial charge in [0.15, 0.2) is 11.6 Å². The third kappa shape index (κ3) is 1.97. The van der Waals surface area contributed by atoms with Gasteiger partial charge in [0.05, 0.1) is 10.9 Å². The van der Waals surface area contributed by atoms with Gasteiger partial charge in [-0.15, -0.1) is 0 Å².